The van der Waals surface area contributed by atoms with E-state index in [1.54, 1.807) is 4.90 Å². The molecule has 0 bridgehead atoms. The van der Waals surface area contributed by atoms with Crippen molar-refractivity contribution in [1.29, 1.82) is 0 Å². The number of carbonyl (C=O) groups excluding carboxylic acids is 1. The van der Waals surface area contributed by atoms with Crippen LogP contribution in [0.3, 0.4) is 0 Å². The quantitative estimate of drug-likeness (QED) is 0.790. The Kier molecular flexibility index (Phi) is 5.41. The maximum atomic E-state index is 13.7. The van der Waals surface area contributed by atoms with Crippen LogP contribution in [0.1, 0.15) is 42.7 Å². The van der Waals surface area contributed by atoms with Crippen molar-refractivity contribution < 1.29 is 19.8 Å². The van der Waals surface area contributed by atoms with E-state index in [1.807, 2.05) is 60.7 Å². The highest BCUT2D eigenvalue weighted by Gasteiger charge is 2.53. The summed E-state index contributed by atoms with van der Waals surface area (Å²) in [4.78, 5) is 27.6. The summed E-state index contributed by atoms with van der Waals surface area (Å²) in [5.74, 6) is -1.24. The summed E-state index contributed by atoms with van der Waals surface area (Å²) in [5.41, 5.74) is 0.503. The van der Waals surface area contributed by atoms with Gasteiger partial charge in [-0.15, -0.1) is 0 Å². The summed E-state index contributed by atoms with van der Waals surface area (Å²) >= 11 is 0. The fraction of sp³-hybridized carbons (Fsp3) is 0.417. The molecule has 2 atom stereocenters. The second kappa shape index (κ2) is 7.99. The summed E-state index contributed by atoms with van der Waals surface area (Å²) in [6.07, 6.45) is 1.82. The third-order valence-corrected chi connectivity index (χ3v) is 6.38. The molecular weight excluding hydrogens is 366 g/mol. The van der Waals surface area contributed by atoms with Gasteiger partial charge in [-0.2, -0.15) is 0 Å². The molecule has 1 amide bonds. The van der Waals surface area contributed by atoms with E-state index in [0.717, 1.165) is 24.0 Å². The summed E-state index contributed by atoms with van der Waals surface area (Å²) in [6, 6.07) is 19.2. The topological polar surface area (TPSA) is 77.8 Å². The predicted octanol–water partition coefficient (Wildman–Crippen LogP) is 3.28. The largest absolute Gasteiger partial charge is 0.481 e. The van der Waals surface area contributed by atoms with Crippen LogP contribution < -0.4 is 0 Å². The van der Waals surface area contributed by atoms with E-state index >= 15 is 0 Å². The summed E-state index contributed by atoms with van der Waals surface area (Å²) in [5, 5.41) is 20.6. The number of rotatable bonds is 6. The number of carboxylic acid groups (broad SMARTS) is 1. The zero-order chi connectivity index (χ0) is 20.4. The molecule has 5 nitrogen and oxygen atoms in total. The predicted molar refractivity (Wildman–Crippen MR) is 109 cm³/mol. The molecule has 1 aliphatic carbocycles. The van der Waals surface area contributed by atoms with Gasteiger partial charge in [-0.3, -0.25) is 9.59 Å². The van der Waals surface area contributed by atoms with Crippen molar-refractivity contribution in [2.45, 2.75) is 37.7 Å². The first kappa shape index (κ1) is 19.6. The van der Waals surface area contributed by atoms with Crippen LogP contribution in [0.2, 0.25) is 0 Å². The number of amides is 1. The molecule has 1 heterocycles. The molecule has 4 rings (SSSR count). The van der Waals surface area contributed by atoms with Gasteiger partial charge in [-0.25, -0.2) is 0 Å². The minimum absolute atomic E-state index is 0.0645. The molecule has 0 spiro atoms. The van der Waals surface area contributed by atoms with E-state index in [4.69, 9.17) is 0 Å². The van der Waals surface area contributed by atoms with Gasteiger partial charge in [0.15, 0.2) is 0 Å². The monoisotopic (exact) mass is 393 g/mol. The molecule has 0 radical (unpaired) electrons. The van der Waals surface area contributed by atoms with Gasteiger partial charge >= 0.3 is 5.97 Å². The second-order valence-corrected chi connectivity index (χ2v) is 8.43. The highest BCUT2D eigenvalue weighted by atomic mass is 16.4. The minimum atomic E-state index is -1.27. The third kappa shape index (κ3) is 3.92. The molecular formula is C24H27NO4. The van der Waals surface area contributed by atoms with Crippen molar-refractivity contribution in [3.63, 3.8) is 0 Å². The number of carboxylic acids is 1. The van der Waals surface area contributed by atoms with Crippen molar-refractivity contribution in [3.8, 4) is 0 Å². The molecule has 0 unspecified atom stereocenters. The number of aliphatic hydroxyl groups is 1. The Morgan fingerprint density at radius 3 is 2.00 bits per heavy atom. The molecule has 1 aliphatic heterocycles. The van der Waals surface area contributed by atoms with Crippen molar-refractivity contribution in [2.75, 3.05) is 13.1 Å². The lowest BCUT2D eigenvalue weighted by molar-refractivity contribution is -0.167. The zero-order valence-corrected chi connectivity index (χ0v) is 16.4. The number of aliphatic carboxylic acids is 1. The lowest BCUT2D eigenvalue weighted by Gasteiger charge is -2.44. The first-order valence-electron chi connectivity index (χ1n) is 10.3. The number of aliphatic hydroxyl groups excluding tert-OH is 1. The van der Waals surface area contributed by atoms with Gasteiger partial charge < -0.3 is 15.1 Å². The average molecular weight is 393 g/mol. The van der Waals surface area contributed by atoms with Crippen LogP contribution in [-0.2, 0) is 9.59 Å². The molecule has 2 aromatic carbocycles. The van der Waals surface area contributed by atoms with E-state index in [9.17, 15) is 19.8 Å². The smallest absolute Gasteiger partial charge is 0.314 e. The van der Waals surface area contributed by atoms with Crippen molar-refractivity contribution >= 4 is 11.9 Å². The van der Waals surface area contributed by atoms with Gasteiger partial charge in [0.05, 0.1) is 12.0 Å². The normalized spacial score (nSPS) is 24.5. The fourth-order valence-electron chi connectivity index (χ4n) is 4.55. The van der Waals surface area contributed by atoms with Gasteiger partial charge in [0.25, 0.3) is 0 Å². The number of carbonyl (C=O) groups is 2. The Bertz CT molecular complexity index is 825. The Balaban J connectivity index is 1.66. The Labute approximate surface area is 171 Å². The summed E-state index contributed by atoms with van der Waals surface area (Å²) in [6.45, 7) is 0.435. The van der Waals surface area contributed by atoms with E-state index in [2.05, 4.69) is 0 Å². The number of hydrogen-bond acceptors (Lipinski definition) is 3. The number of hydrogen-bond donors (Lipinski definition) is 2. The molecule has 1 saturated heterocycles. The minimum Gasteiger partial charge on any atom is -0.481 e. The van der Waals surface area contributed by atoms with E-state index in [0.29, 0.717) is 25.3 Å². The van der Waals surface area contributed by atoms with Gasteiger partial charge in [-0.05, 0) is 29.9 Å². The lowest BCUT2D eigenvalue weighted by Crippen LogP contribution is -2.58. The van der Waals surface area contributed by atoms with Crippen LogP contribution in [-0.4, -0.2) is 46.2 Å². The molecule has 29 heavy (non-hydrogen) atoms. The molecule has 0 aromatic heterocycles. The second-order valence-electron chi connectivity index (χ2n) is 8.43. The van der Waals surface area contributed by atoms with Gasteiger partial charge in [0.1, 0.15) is 5.41 Å². The van der Waals surface area contributed by atoms with Crippen molar-refractivity contribution in [3.05, 3.63) is 71.8 Å². The number of nitrogens with zero attached hydrogens (tertiary/aromatic N) is 1. The van der Waals surface area contributed by atoms with Crippen LogP contribution in [0.4, 0.5) is 0 Å². The van der Waals surface area contributed by atoms with Gasteiger partial charge in [0, 0.05) is 13.1 Å². The Morgan fingerprint density at radius 2 is 1.52 bits per heavy atom. The SMILES string of the molecule is O=C(C(c1ccccc1)c1ccccc1)N1CC[C@@H](O)[C@](CC2CC2)(C(=O)O)C1. The molecule has 1 saturated carbocycles. The highest BCUT2D eigenvalue weighted by molar-refractivity contribution is 5.88. The summed E-state index contributed by atoms with van der Waals surface area (Å²) < 4.78 is 0. The number of likely N-dealkylation sites (tertiary alicyclic amines) is 1. The summed E-state index contributed by atoms with van der Waals surface area (Å²) in [7, 11) is 0. The number of benzene rings is 2. The first-order valence-corrected chi connectivity index (χ1v) is 10.3. The van der Waals surface area contributed by atoms with E-state index < -0.39 is 23.4 Å². The fourth-order valence-corrected chi connectivity index (χ4v) is 4.55. The van der Waals surface area contributed by atoms with Gasteiger partial charge in [-0.1, -0.05) is 73.5 Å². The van der Waals surface area contributed by atoms with E-state index in [-0.39, 0.29) is 12.5 Å². The van der Waals surface area contributed by atoms with Crippen LogP contribution in [0, 0.1) is 11.3 Å². The molecule has 2 N–H and O–H groups in total. The van der Waals surface area contributed by atoms with Crippen LogP contribution >= 0.6 is 0 Å². The maximum absolute atomic E-state index is 13.7. The Morgan fingerprint density at radius 1 is 0.966 bits per heavy atom. The van der Waals surface area contributed by atoms with Crippen LogP contribution in [0.5, 0.6) is 0 Å². The van der Waals surface area contributed by atoms with Gasteiger partial charge in [0.2, 0.25) is 5.91 Å². The maximum Gasteiger partial charge on any atom is 0.314 e. The highest BCUT2D eigenvalue weighted by Crippen LogP contribution is 2.45. The first-order chi connectivity index (χ1) is 14.0. The number of piperidine rings is 1. The lowest BCUT2D eigenvalue weighted by atomic mass is 9.73. The molecule has 2 fully saturated rings. The van der Waals surface area contributed by atoms with Crippen molar-refractivity contribution in [1.82, 2.24) is 4.90 Å². The zero-order valence-electron chi connectivity index (χ0n) is 16.4. The third-order valence-electron chi connectivity index (χ3n) is 6.38. The van der Waals surface area contributed by atoms with Crippen LogP contribution in [0.15, 0.2) is 60.7 Å². The average Bonchev–Trinajstić information content (AvgIpc) is 3.55. The van der Waals surface area contributed by atoms with Crippen LogP contribution in [0.25, 0.3) is 0 Å². The van der Waals surface area contributed by atoms with Crippen molar-refractivity contribution in [2.24, 2.45) is 11.3 Å². The molecule has 2 aliphatic rings. The molecule has 5 heteroatoms. The van der Waals surface area contributed by atoms with E-state index in [1.165, 1.54) is 0 Å². The molecule has 152 valence electrons. The standard InChI is InChI=1S/C24H27NO4/c26-20-13-14-25(16-24(20,23(28)29)15-17-11-12-17)22(27)21(18-7-3-1-4-8-18)19-9-5-2-6-10-19/h1-10,17,20-21,26H,11-16H2,(H,28,29)/t20-,24-/m1/s1. The Hall–Kier alpha value is -2.66. The molecule has 2 aromatic rings.